The van der Waals surface area contributed by atoms with E-state index in [1.807, 2.05) is 6.92 Å². The first-order valence-electron chi connectivity index (χ1n) is 13.5. The van der Waals surface area contributed by atoms with Crippen molar-refractivity contribution in [3.63, 3.8) is 0 Å². The molecule has 0 aliphatic heterocycles. The number of nitrogen functional groups attached to an aromatic ring is 1. The van der Waals surface area contributed by atoms with Gasteiger partial charge in [-0.15, -0.1) is 0 Å². The largest absolute Gasteiger partial charge is 0.395 e. The van der Waals surface area contributed by atoms with Gasteiger partial charge < -0.3 is 21.3 Å². The van der Waals surface area contributed by atoms with Crippen LogP contribution in [0.2, 0.25) is 0 Å². The third-order valence-corrected chi connectivity index (χ3v) is 8.10. The first-order valence-corrected chi connectivity index (χ1v) is 14.3. The lowest BCUT2D eigenvalue weighted by molar-refractivity contribution is -0.126. The molecule has 1 heterocycles. The van der Waals surface area contributed by atoms with E-state index in [0.717, 1.165) is 75.7 Å². The van der Waals surface area contributed by atoms with Gasteiger partial charge in [-0.2, -0.15) is 4.37 Å². The Balaban J connectivity index is 1.81. The SMILES string of the molecule is CCC[C@H](C(=O)NCCC(C)C)N(C(=O)c1snc(C(=O)NC2CCCCC2)c1N)C1CCCC1. The summed E-state index contributed by atoms with van der Waals surface area (Å²) in [7, 11) is 0. The van der Waals surface area contributed by atoms with Crippen LogP contribution >= 0.6 is 11.5 Å². The first kappa shape index (κ1) is 27.4. The molecule has 2 fully saturated rings. The number of rotatable bonds is 11. The standard InChI is InChI=1S/C26H43N5O3S/c1-4-10-20(24(32)28-16-15-17(2)3)31(19-13-8-9-14-19)26(34)23-21(27)22(30-35-23)25(33)29-18-11-6-5-7-12-18/h17-20H,4-16,27H2,1-3H3,(H,28,32)(H,29,33)/t20-/m1/s1. The Bertz CT molecular complexity index is 859. The van der Waals surface area contributed by atoms with Crippen molar-refractivity contribution in [2.45, 2.75) is 116 Å². The number of nitrogens with two attached hydrogens (primary N) is 1. The van der Waals surface area contributed by atoms with Crippen molar-refractivity contribution in [1.82, 2.24) is 19.9 Å². The molecule has 0 bridgehead atoms. The molecule has 0 saturated heterocycles. The predicted octanol–water partition coefficient (Wildman–Crippen LogP) is 4.50. The van der Waals surface area contributed by atoms with Crippen molar-refractivity contribution < 1.29 is 14.4 Å². The van der Waals surface area contributed by atoms with Crippen molar-refractivity contribution in [2.24, 2.45) is 5.92 Å². The van der Waals surface area contributed by atoms with Crippen LogP contribution in [0.1, 0.15) is 118 Å². The molecule has 35 heavy (non-hydrogen) atoms. The average molecular weight is 506 g/mol. The molecule has 3 amide bonds. The average Bonchev–Trinajstić information content (AvgIpc) is 3.49. The molecule has 0 radical (unpaired) electrons. The molecule has 1 aromatic rings. The molecule has 2 saturated carbocycles. The van der Waals surface area contributed by atoms with Gasteiger partial charge in [-0.05, 0) is 56.0 Å². The summed E-state index contributed by atoms with van der Waals surface area (Å²) in [4.78, 5) is 42.0. The highest BCUT2D eigenvalue weighted by atomic mass is 32.1. The minimum Gasteiger partial charge on any atom is -0.395 e. The number of amides is 3. The molecule has 0 unspecified atom stereocenters. The second kappa shape index (κ2) is 13.2. The summed E-state index contributed by atoms with van der Waals surface area (Å²) in [6.07, 6.45) is 11.4. The van der Waals surface area contributed by atoms with Crippen molar-refractivity contribution in [1.29, 1.82) is 0 Å². The van der Waals surface area contributed by atoms with E-state index in [1.54, 1.807) is 4.90 Å². The molecular weight excluding hydrogens is 462 g/mol. The molecule has 1 atom stereocenters. The molecule has 9 heteroatoms. The molecule has 2 aliphatic rings. The fourth-order valence-electron chi connectivity index (χ4n) is 5.25. The van der Waals surface area contributed by atoms with E-state index in [4.69, 9.17) is 5.73 Å². The smallest absolute Gasteiger partial charge is 0.273 e. The van der Waals surface area contributed by atoms with Gasteiger partial charge in [0.2, 0.25) is 5.91 Å². The third-order valence-electron chi connectivity index (χ3n) is 7.25. The Kier molecular flexibility index (Phi) is 10.4. The Hall–Kier alpha value is -2.16. The Morgan fingerprint density at radius 1 is 1.06 bits per heavy atom. The van der Waals surface area contributed by atoms with Crippen LogP contribution in [0, 0.1) is 5.92 Å². The number of hydrogen-bond acceptors (Lipinski definition) is 6. The highest BCUT2D eigenvalue weighted by Crippen LogP contribution is 2.32. The zero-order valence-corrected chi connectivity index (χ0v) is 22.4. The van der Waals surface area contributed by atoms with E-state index in [1.165, 1.54) is 6.42 Å². The minimum atomic E-state index is -0.552. The summed E-state index contributed by atoms with van der Waals surface area (Å²) in [6.45, 7) is 6.87. The van der Waals surface area contributed by atoms with Gasteiger partial charge in [0.05, 0.1) is 5.69 Å². The molecule has 4 N–H and O–H groups in total. The van der Waals surface area contributed by atoms with Crippen LogP contribution in [0.5, 0.6) is 0 Å². The normalized spacial score (nSPS) is 17.9. The quantitative estimate of drug-likeness (QED) is 0.409. The molecule has 2 aliphatic carbocycles. The van der Waals surface area contributed by atoms with Gasteiger partial charge in [-0.3, -0.25) is 14.4 Å². The highest BCUT2D eigenvalue weighted by Gasteiger charge is 2.38. The summed E-state index contributed by atoms with van der Waals surface area (Å²) in [5.41, 5.74) is 6.61. The van der Waals surface area contributed by atoms with Crippen molar-refractivity contribution >= 4 is 34.9 Å². The summed E-state index contributed by atoms with van der Waals surface area (Å²) >= 11 is 0.972. The maximum atomic E-state index is 13.9. The molecule has 0 spiro atoms. The van der Waals surface area contributed by atoms with Gasteiger partial charge in [0.1, 0.15) is 10.9 Å². The molecule has 8 nitrogen and oxygen atoms in total. The van der Waals surface area contributed by atoms with E-state index in [9.17, 15) is 14.4 Å². The zero-order chi connectivity index (χ0) is 25.4. The van der Waals surface area contributed by atoms with Crippen LogP contribution in [0.25, 0.3) is 0 Å². The number of anilines is 1. The van der Waals surface area contributed by atoms with Gasteiger partial charge in [-0.1, -0.05) is 59.3 Å². The molecular formula is C26H43N5O3S. The summed E-state index contributed by atoms with van der Waals surface area (Å²) in [5.74, 6) is -0.205. The highest BCUT2D eigenvalue weighted by molar-refractivity contribution is 7.09. The molecule has 196 valence electrons. The van der Waals surface area contributed by atoms with Crippen molar-refractivity contribution in [3.8, 4) is 0 Å². The predicted molar refractivity (Wildman–Crippen MR) is 140 cm³/mol. The number of hydrogen-bond donors (Lipinski definition) is 3. The lowest BCUT2D eigenvalue weighted by Gasteiger charge is -2.35. The number of nitrogens with zero attached hydrogens (tertiary/aromatic N) is 2. The fraction of sp³-hybridized carbons (Fsp3) is 0.769. The first-order chi connectivity index (χ1) is 16.8. The van der Waals surface area contributed by atoms with Gasteiger partial charge >= 0.3 is 0 Å². The third kappa shape index (κ3) is 7.18. The van der Waals surface area contributed by atoms with Crippen LogP contribution in [0.3, 0.4) is 0 Å². The molecule has 3 rings (SSSR count). The Labute approximate surface area is 213 Å². The Morgan fingerprint density at radius 3 is 2.34 bits per heavy atom. The topological polar surface area (TPSA) is 117 Å². The van der Waals surface area contributed by atoms with Gasteiger partial charge in [0.25, 0.3) is 11.8 Å². The van der Waals surface area contributed by atoms with E-state index < -0.39 is 6.04 Å². The minimum absolute atomic E-state index is 0.00378. The number of carbonyl (C=O) groups is 3. The van der Waals surface area contributed by atoms with Crippen LogP contribution in [0.4, 0.5) is 5.69 Å². The summed E-state index contributed by atoms with van der Waals surface area (Å²) in [6, 6.07) is -0.422. The Morgan fingerprint density at radius 2 is 1.71 bits per heavy atom. The molecule has 1 aromatic heterocycles. The summed E-state index contributed by atoms with van der Waals surface area (Å²) in [5, 5.41) is 6.09. The second-order valence-electron chi connectivity index (χ2n) is 10.5. The van der Waals surface area contributed by atoms with Crippen molar-refractivity contribution in [2.75, 3.05) is 12.3 Å². The van der Waals surface area contributed by atoms with E-state index in [2.05, 4.69) is 28.9 Å². The summed E-state index contributed by atoms with van der Waals surface area (Å²) < 4.78 is 4.29. The van der Waals surface area contributed by atoms with Gasteiger partial charge in [0.15, 0.2) is 5.69 Å². The van der Waals surface area contributed by atoms with Crippen molar-refractivity contribution in [3.05, 3.63) is 10.6 Å². The maximum Gasteiger partial charge on any atom is 0.273 e. The zero-order valence-electron chi connectivity index (χ0n) is 21.6. The van der Waals surface area contributed by atoms with Crippen LogP contribution in [0.15, 0.2) is 0 Å². The number of aromatic nitrogens is 1. The van der Waals surface area contributed by atoms with E-state index in [-0.39, 0.29) is 46.1 Å². The monoisotopic (exact) mass is 505 g/mol. The number of nitrogens with one attached hydrogen (secondary N) is 2. The van der Waals surface area contributed by atoms with Crippen LogP contribution < -0.4 is 16.4 Å². The van der Waals surface area contributed by atoms with E-state index >= 15 is 0 Å². The maximum absolute atomic E-state index is 13.9. The fourth-order valence-corrected chi connectivity index (χ4v) is 5.99. The van der Waals surface area contributed by atoms with Crippen LogP contribution in [-0.2, 0) is 4.79 Å². The number of carbonyl (C=O) groups excluding carboxylic acids is 3. The van der Waals surface area contributed by atoms with Gasteiger partial charge in [0, 0.05) is 18.6 Å². The van der Waals surface area contributed by atoms with E-state index in [0.29, 0.717) is 18.9 Å². The lowest BCUT2D eigenvalue weighted by atomic mass is 9.95. The lowest BCUT2D eigenvalue weighted by Crippen LogP contribution is -2.53. The van der Waals surface area contributed by atoms with Gasteiger partial charge in [-0.25, -0.2) is 0 Å². The van der Waals surface area contributed by atoms with Crippen LogP contribution in [-0.4, -0.2) is 51.7 Å². The molecule has 0 aromatic carbocycles. The second-order valence-corrected chi connectivity index (χ2v) is 11.3.